The predicted octanol–water partition coefficient (Wildman–Crippen LogP) is 4.84. The second-order valence-electron chi connectivity index (χ2n) is 6.29. The number of fused-ring (bicyclic) bond motifs is 4. The van der Waals surface area contributed by atoms with Gasteiger partial charge in [-0.05, 0) is 48.6 Å². The monoisotopic (exact) mass is 336 g/mol. The molecule has 0 bridgehead atoms. The van der Waals surface area contributed by atoms with Crippen LogP contribution in [0.25, 0.3) is 45.0 Å². The van der Waals surface area contributed by atoms with E-state index in [2.05, 4.69) is 38.8 Å². The molecule has 5 rings (SSSR count). The van der Waals surface area contributed by atoms with Crippen molar-refractivity contribution in [2.45, 2.75) is 0 Å². The van der Waals surface area contributed by atoms with E-state index in [1.54, 1.807) is 0 Å². The minimum absolute atomic E-state index is 0.895. The van der Waals surface area contributed by atoms with Gasteiger partial charge in [-0.15, -0.1) is 0 Å². The summed E-state index contributed by atoms with van der Waals surface area (Å²) in [6.07, 6.45) is 5.83. The van der Waals surface area contributed by atoms with E-state index in [1.807, 2.05) is 61.8 Å². The standard InChI is InChI=1S/C22H16N4/c1-26-20-12-11-19-17(6-4-14-23-19)22(20)25-21(26)13-10-16-9-8-15-5-2-3-7-18(15)24-16/h2-14H,1H3. The van der Waals surface area contributed by atoms with Crippen LogP contribution in [0.3, 0.4) is 0 Å². The van der Waals surface area contributed by atoms with Gasteiger partial charge in [0.25, 0.3) is 0 Å². The fraction of sp³-hybridized carbons (Fsp3) is 0.0455. The van der Waals surface area contributed by atoms with E-state index in [9.17, 15) is 0 Å². The van der Waals surface area contributed by atoms with Crippen LogP contribution >= 0.6 is 0 Å². The Kier molecular flexibility index (Phi) is 3.28. The molecule has 0 N–H and O–H groups in total. The lowest BCUT2D eigenvalue weighted by atomic mass is 10.2. The van der Waals surface area contributed by atoms with Gasteiger partial charge in [0, 0.05) is 24.0 Å². The third kappa shape index (κ3) is 2.35. The van der Waals surface area contributed by atoms with Crippen molar-refractivity contribution in [2.24, 2.45) is 7.05 Å². The minimum Gasteiger partial charge on any atom is -0.328 e. The Hall–Kier alpha value is -3.53. The van der Waals surface area contributed by atoms with Crippen LogP contribution in [-0.2, 0) is 7.05 Å². The van der Waals surface area contributed by atoms with E-state index in [1.165, 1.54) is 0 Å². The number of rotatable bonds is 2. The van der Waals surface area contributed by atoms with Gasteiger partial charge in [0.15, 0.2) is 0 Å². The smallest absolute Gasteiger partial charge is 0.133 e. The van der Waals surface area contributed by atoms with Gasteiger partial charge in [0.05, 0.1) is 27.8 Å². The Morgan fingerprint density at radius 1 is 0.808 bits per heavy atom. The Morgan fingerprint density at radius 2 is 1.73 bits per heavy atom. The zero-order valence-electron chi connectivity index (χ0n) is 14.3. The molecule has 0 aliphatic rings. The molecular weight excluding hydrogens is 320 g/mol. The highest BCUT2D eigenvalue weighted by Crippen LogP contribution is 2.24. The van der Waals surface area contributed by atoms with Crippen molar-refractivity contribution in [1.82, 2.24) is 19.5 Å². The summed E-state index contributed by atoms with van der Waals surface area (Å²) >= 11 is 0. The number of hydrogen-bond acceptors (Lipinski definition) is 3. The zero-order valence-corrected chi connectivity index (χ0v) is 14.3. The third-order valence-corrected chi connectivity index (χ3v) is 4.69. The van der Waals surface area contributed by atoms with Crippen LogP contribution < -0.4 is 0 Å². The van der Waals surface area contributed by atoms with E-state index < -0.39 is 0 Å². The fourth-order valence-electron chi connectivity index (χ4n) is 3.31. The summed E-state index contributed by atoms with van der Waals surface area (Å²) in [5, 5.41) is 2.22. The first-order valence-electron chi connectivity index (χ1n) is 8.54. The Labute approximate surface area is 150 Å². The van der Waals surface area contributed by atoms with E-state index in [-0.39, 0.29) is 0 Å². The summed E-state index contributed by atoms with van der Waals surface area (Å²) in [7, 11) is 2.03. The van der Waals surface area contributed by atoms with Crippen molar-refractivity contribution in [3.8, 4) is 0 Å². The van der Waals surface area contributed by atoms with Crippen molar-refractivity contribution in [2.75, 3.05) is 0 Å². The molecule has 5 aromatic rings. The van der Waals surface area contributed by atoms with Crippen molar-refractivity contribution < 1.29 is 0 Å². The summed E-state index contributed by atoms with van der Waals surface area (Å²) < 4.78 is 2.10. The fourth-order valence-corrected chi connectivity index (χ4v) is 3.31. The Balaban J connectivity index is 1.60. The van der Waals surface area contributed by atoms with Gasteiger partial charge in [-0.3, -0.25) is 4.98 Å². The van der Waals surface area contributed by atoms with Gasteiger partial charge in [-0.25, -0.2) is 9.97 Å². The van der Waals surface area contributed by atoms with Crippen molar-refractivity contribution in [3.63, 3.8) is 0 Å². The first kappa shape index (κ1) is 14.8. The molecule has 4 heteroatoms. The van der Waals surface area contributed by atoms with Crippen LogP contribution in [0.4, 0.5) is 0 Å². The highest BCUT2D eigenvalue weighted by Gasteiger charge is 2.09. The number of aromatic nitrogens is 4. The van der Waals surface area contributed by atoms with Crippen molar-refractivity contribution in [1.29, 1.82) is 0 Å². The van der Waals surface area contributed by atoms with Crippen LogP contribution in [0.1, 0.15) is 11.5 Å². The lowest BCUT2D eigenvalue weighted by Crippen LogP contribution is -1.91. The van der Waals surface area contributed by atoms with Gasteiger partial charge >= 0.3 is 0 Å². The number of hydrogen-bond donors (Lipinski definition) is 0. The lowest BCUT2D eigenvalue weighted by molar-refractivity contribution is 0.930. The maximum atomic E-state index is 4.83. The van der Waals surface area contributed by atoms with Crippen molar-refractivity contribution in [3.05, 3.63) is 78.4 Å². The van der Waals surface area contributed by atoms with E-state index in [0.717, 1.165) is 44.4 Å². The maximum absolute atomic E-state index is 4.83. The molecule has 0 saturated carbocycles. The number of aryl methyl sites for hydroxylation is 1. The summed E-state index contributed by atoms with van der Waals surface area (Å²) in [6.45, 7) is 0. The van der Waals surface area contributed by atoms with E-state index in [0.29, 0.717) is 0 Å². The highest BCUT2D eigenvalue weighted by atomic mass is 15.1. The summed E-state index contributed by atoms with van der Waals surface area (Å²) in [5.74, 6) is 0.895. The van der Waals surface area contributed by atoms with Gasteiger partial charge in [0.2, 0.25) is 0 Å². The van der Waals surface area contributed by atoms with Crippen LogP contribution in [-0.4, -0.2) is 19.5 Å². The molecule has 26 heavy (non-hydrogen) atoms. The van der Waals surface area contributed by atoms with Crippen LogP contribution in [0.15, 0.2) is 66.9 Å². The zero-order chi connectivity index (χ0) is 17.5. The first-order valence-corrected chi connectivity index (χ1v) is 8.54. The summed E-state index contributed by atoms with van der Waals surface area (Å²) in [4.78, 5) is 13.9. The second kappa shape index (κ2) is 5.77. The van der Waals surface area contributed by atoms with Gasteiger partial charge in [-0.2, -0.15) is 0 Å². The van der Waals surface area contributed by atoms with E-state index >= 15 is 0 Å². The lowest BCUT2D eigenvalue weighted by Gasteiger charge is -2.00. The molecule has 0 radical (unpaired) electrons. The number of para-hydroxylation sites is 1. The molecule has 0 atom stereocenters. The number of nitrogens with zero attached hydrogens (tertiary/aromatic N) is 4. The Morgan fingerprint density at radius 3 is 2.69 bits per heavy atom. The quantitative estimate of drug-likeness (QED) is 0.463. The van der Waals surface area contributed by atoms with Crippen molar-refractivity contribution >= 4 is 45.0 Å². The minimum atomic E-state index is 0.895. The SMILES string of the molecule is Cn1c(C=Cc2ccc3ccccc3n2)nc2c3cccnc3ccc21. The average Bonchev–Trinajstić information content (AvgIpc) is 3.02. The summed E-state index contributed by atoms with van der Waals surface area (Å²) in [5.41, 5.74) is 4.95. The number of pyridine rings is 2. The molecule has 2 aromatic carbocycles. The topological polar surface area (TPSA) is 43.6 Å². The third-order valence-electron chi connectivity index (χ3n) is 4.69. The molecule has 0 amide bonds. The molecule has 3 aromatic heterocycles. The molecule has 0 aliphatic carbocycles. The van der Waals surface area contributed by atoms with Gasteiger partial charge in [0.1, 0.15) is 5.82 Å². The normalized spacial score (nSPS) is 11.9. The molecule has 0 aliphatic heterocycles. The largest absolute Gasteiger partial charge is 0.328 e. The van der Waals surface area contributed by atoms with Crippen LogP contribution in [0, 0.1) is 0 Å². The van der Waals surface area contributed by atoms with Crippen LogP contribution in [0.2, 0.25) is 0 Å². The van der Waals surface area contributed by atoms with E-state index in [4.69, 9.17) is 4.98 Å². The number of benzene rings is 2. The summed E-state index contributed by atoms with van der Waals surface area (Å²) in [6, 6.07) is 20.4. The maximum Gasteiger partial charge on any atom is 0.133 e. The first-order chi connectivity index (χ1) is 12.8. The predicted molar refractivity (Wildman–Crippen MR) is 107 cm³/mol. The highest BCUT2D eigenvalue weighted by molar-refractivity contribution is 6.03. The molecule has 4 nitrogen and oxygen atoms in total. The molecule has 0 spiro atoms. The number of imidazole rings is 1. The molecule has 0 saturated heterocycles. The Bertz CT molecular complexity index is 1300. The molecule has 0 unspecified atom stereocenters. The average molecular weight is 336 g/mol. The van der Waals surface area contributed by atoms with Gasteiger partial charge in [-0.1, -0.05) is 24.3 Å². The molecule has 0 fully saturated rings. The molecule has 124 valence electrons. The second-order valence-corrected chi connectivity index (χ2v) is 6.29. The van der Waals surface area contributed by atoms with Crippen LogP contribution in [0.5, 0.6) is 0 Å². The molecular formula is C22H16N4. The van der Waals surface area contributed by atoms with Gasteiger partial charge < -0.3 is 4.57 Å². The molecule has 3 heterocycles.